The number of hydrogen-bond acceptors (Lipinski definition) is 3. The van der Waals surface area contributed by atoms with Crippen LogP contribution in [0, 0.1) is 12.3 Å². The highest BCUT2D eigenvalue weighted by Crippen LogP contribution is 2.19. The van der Waals surface area contributed by atoms with Crippen LogP contribution < -0.4 is 11.1 Å². The van der Waals surface area contributed by atoms with Crippen molar-refractivity contribution in [1.82, 2.24) is 5.32 Å². The van der Waals surface area contributed by atoms with Crippen LogP contribution in [0.15, 0.2) is 16.5 Å². The molecule has 1 heterocycles. The fourth-order valence-corrected chi connectivity index (χ4v) is 1.36. The fraction of sp³-hybridized carbons (Fsp3) is 0.583. The number of amides is 1. The molecule has 0 saturated heterocycles. The van der Waals surface area contributed by atoms with Gasteiger partial charge in [-0.1, -0.05) is 6.92 Å². The van der Waals surface area contributed by atoms with E-state index in [-0.39, 0.29) is 5.91 Å². The van der Waals surface area contributed by atoms with Gasteiger partial charge in [0, 0.05) is 6.54 Å². The van der Waals surface area contributed by atoms with E-state index in [1.54, 1.807) is 0 Å². The Morgan fingerprint density at radius 3 is 2.69 bits per heavy atom. The van der Waals surface area contributed by atoms with Crippen molar-refractivity contribution in [3.05, 3.63) is 23.7 Å². The normalized spacial score (nSPS) is 14.5. The van der Waals surface area contributed by atoms with Gasteiger partial charge in [-0.25, -0.2) is 0 Å². The average Bonchev–Trinajstić information content (AvgIpc) is 2.70. The number of carbonyl (C=O) groups is 1. The fourth-order valence-electron chi connectivity index (χ4n) is 1.36. The summed E-state index contributed by atoms with van der Waals surface area (Å²) >= 11 is 0. The molecule has 4 nitrogen and oxygen atoms in total. The van der Waals surface area contributed by atoms with Crippen molar-refractivity contribution >= 4 is 5.91 Å². The minimum atomic E-state index is -0.484. The molecule has 0 radical (unpaired) electrons. The lowest BCUT2D eigenvalue weighted by atomic mass is 9.87. The van der Waals surface area contributed by atoms with Crippen LogP contribution in [0.2, 0.25) is 0 Å². The Morgan fingerprint density at radius 1 is 1.56 bits per heavy atom. The quantitative estimate of drug-likeness (QED) is 0.797. The zero-order valence-corrected chi connectivity index (χ0v) is 10.2. The summed E-state index contributed by atoms with van der Waals surface area (Å²) in [4.78, 5) is 11.9. The molecule has 4 heteroatoms. The SMILES string of the molecule is CCC(C)(CN)C(=O)NCc1ccc(C)o1. The van der Waals surface area contributed by atoms with E-state index < -0.39 is 5.41 Å². The zero-order valence-electron chi connectivity index (χ0n) is 10.2. The summed E-state index contributed by atoms with van der Waals surface area (Å²) in [5.74, 6) is 1.59. The Kier molecular flexibility index (Phi) is 4.12. The first kappa shape index (κ1) is 12.8. The molecule has 0 aromatic carbocycles. The largest absolute Gasteiger partial charge is 0.465 e. The average molecular weight is 224 g/mol. The lowest BCUT2D eigenvalue weighted by molar-refractivity contribution is -0.130. The van der Waals surface area contributed by atoms with E-state index in [1.165, 1.54) is 0 Å². The monoisotopic (exact) mass is 224 g/mol. The smallest absolute Gasteiger partial charge is 0.227 e. The third kappa shape index (κ3) is 2.85. The maximum absolute atomic E-state index is 11.9. The van der Waals surface area contributed by atoms with Gasteiger partial charge in [0.05, 0.1) is 12.0 Å². The predicted octanol–water partition coefficient (Wildman–Crippen LogP) is 1.58. The Hall–Kier alpha value is -1.29. The van der Waals surface area contributed by atoms with E-state index in [2.05, 4.69) is 5.32 Å². The van der Waals surface area contributed by atoms with Gasteiger partial charge in [0.1, 0.15) is 11.5 Å². The molecule has 0 aliphatic rings. The molecule has 3 N–H and O–H groups in total. The molecule has 0 aliphatic heterocycles. The van der Waals surface area contributed by atoms with Crippen LogP contribution in [-0.4, -0.2) is 12.5 Å². The maximum atomic E-state index is 11.9. The minimum Gasteiger partial charge on any atom is -0.465 e. The molecule has 16 heavy (non-hydrogen) atoms. The van der Waals surface area contributed by atoms with Crippen LogP contribution in [0.25, 0.3) is 0 Å². The Balaban J connectivity index is 2.52. The molecule has 90 valence electrons. The molecule has 1 atom stereocenters. The first-order valence-electron chi connectivity index (χ1n) is 5.55. The topological polar surface area (TPSA) is 68.3 Å². The van der Waals surface area contributed by atoms with Crippen molar-refractivity contribution in [2.75, 3.05) is 6.54 Å². The van der Waals surface area contributed by atoms with Crippen LogP contribution >= 0.6 is 0 Å². The molecule has 0 saturated carbocycles. The zero-order chi connectivity index (χ0) is 12.2. The van der Waals surface area contributed by atoms with Gasteiger partial charge >= 0.3 is 0 Å². The highest BCUT2D eigenvalue weighted by Gasteiger charge is 2.29. The number of carbonyl (C=O) groups excluding carboxylic acids is 1. The summed E-state index contributed by atoms with van der Waals surface area (Å²) in [5, 5.41) is 2.84. The molecular weight excluding hydrogens is 204 g/mol. The van der Waals surface area contributed by atoms with Gasteiger partial charge in [0.15, 0.2) is 0 Å². The first-order chi connectivity index (χ1) is 7.51. The van der Waals surface area contributed by atoms with Gasteiger partial charge in [0.25, 0.3) is 0 Å². The van der Waals surface area contributed by atoms with E-state index in [0.717, 1.165) is 17.9 Å². The molecule has 1 aromatic heterocycles. The number of aryl methyl sites for hydroxylation is 1. The second-order valence-electron chi connectivity index (χ2n) is 4.31. The van der Waals surface area contributed by atoms with Gasteiger partial charge in [-0.2, -0.15) is 0 Å². The lowest BCUT2D eigenvalue weighted by Gasteiger charge is -2.24. The molecule has 0 aliphatic carbocycles. The van der Waals surface area contributed by atoms with Crippen molar-refractivity contribution in [3.8, 4) is 0 Å². The van der Waals surface area contributed by atoms with Gasteiger partial charge in [-0.3, -0.25) is 4.79 Å². The van der Waals surface area contributed by atoms with Gasteiger partial charge < -0.3 is 15.5 Å². The number of hydrogen-bond donors (Lipinski definition) is 2. The van der Waals surface area contributed by atoms with Crippen LogP contribution in [-0.2, 0) is 11.3 Å². The van der Waals surface area contributed by atoms with Gasteiger partial charge in [0.2, 0.25) is 5.91 Å². The third-order valence-corrected chi connectivity index (χ3v) is 3.00. The van der Waals surface area contributed by atoms with E-state index in [4.69, 9.17) is 10.2 Å². The Labute approximate surface area is 96.2 Å². The third-order valence-electron chi connectivity index (χ3n) is 3.00. The number of nitrogens with one attached hydrogen (secondary N) is 1. The summed E-state index contributed by atoms with van der Waals surface area (Å²) in [6.07, 6.45) is 0.729. The second kappa shape index (κ2) is 5.16. The highest BCUT2D eigenvalue weighted by molar-refractivity contribution is 5.82. The Morgan fingerprint density at radius 2 is 2.25 bits per heavy atom. The first-order valence-corrected chi connectivity index (χ1v) is 5.55. The molecule has 0 fully saturated rings. The number of nitrogens with two attached hydrogens (primary N) is 1. The summed E-state index contributed by atoms with van der Waals surface area (Å²) in [5.41, 5.74) is 5.12. The number of rotatable bonds is 5. The minimum absolute atomic E-state index is 0.0217. The van der Waals surface area contributed by atoms with E-state index in [0.29, 0.717) is 13.1 Å². The second-order valence-corrected chi connectivity index (χ2v) is 4.31. The molecular formula is C12H20N2O2. The van der Waals surface area contributed by atoms with E-state index >= 15 is 0 Å². The van der Waals surface area contributed by atoms with Crippen molar-refractivity contribution < 1.29 is 9.21 Å². The van der Waals surface area contributed by atoms with E-state index in [1.807, 2.05) is 32.9 Å². The highest BCUT2D eigenvalue weighted by atomic mass is 16.3. The van der Waals surface area contributed by atoms with Crippen LogP contribution in [0.5, 0.6) is 0 Å². The molecule has 0 spiro atoms. The maximum Gasteiger partial charge on any atom is 0.227 e. The Bertz CT molecular complexity index is 354. The summed E-state index contributed by atoms with van der Waals surface area (Å²) in [6.45, 7) is 6.48. The van der Waals surface area contributed by atoms with Crippen LogP contribution in [0.1, 0.15) is 31.8 Å². The number of furan rings is 1. The van der Waals surface area contributed by atoms with Crippen LogP contribution in [0.3, 0.4) is 0 Å². The van der Waals surface area contributed by atoms with Crippen LogP contribution in [0.4, 0.5) is 0 Å². The molecule has 1 unspecified atom stereocenters. The standard InChI is InChI=1S/C12H20N2O2/c1-4-12(3,8-13)11(15)14-7-10-6-5-9(2)16-10/h5-6H,4,7-8,13H2,1-3H3,(H,14,15). The summed E-state index contributed by atoms with van der Waals surface area (Å²) < 4.78 is 5.37. The van der Waals surface area contributed by atoms with Crippen molar-refractivity contribution in [2.45, 2.75) is 33.7 Å². The molecule has 0 bridgehead atoms. The molecule has 1 amide bonds. The summed E-state index contributed by atoms with van der Waals surface area (Å²) in [7, 11) is 0. The van der Waals surface area contributed by atoms with Gasteiger partial charge in [-0.05, 0) is 32.4 Å². The molecule has 1 rings (SSSR count). The van der Waals surface area contributed by atoms with Crippen molar-refractivity contribution in [1.29, 1.82) is 0 Å². The summed E-state index contributed by atoms with van der Waals surface area (Å²) in [6, 6.07) is 3.74. The predicted molar refractivity (Wildman–Crippen MR) is 62.7 cm³/mol. The van der Waals surface area contributed by atoms with E-state index in [9.17, 15) is 4.79 Å². The lowest BCUT2D eigenvalue weighted by Crippen LogP contribution is -2.43. The molecule has 1 aromatic rings. The van der Waals surface area contributed by atoms with Crippen molar-refractivity contribution in [2.24, 2.45) is 11.1 Å². The van der Waals surface area contributed by atoms with Crippen molar-refractivity contribution in [3.63, 3.8) is 0 Å². The van der Waals surface area contributed by atoms with Gasteiger partial charge in [-0.15, -0.1) is 0 Å².